The number of anilines is 1. The van der Waals surface area contributed by atoms with Gasteiger partial charge in [0.2, 0.25) is 5.91 Å². The Bertz CT molecular complexity index is 1320. The van der Waals surface area contributed by atoms with Crippen molar-refractivity contribution in [1.29, 1.82) is 0 Å². The number of carboxylic acids is 1. The zero-order valence-electron chi connectivity index (χ0n) is 19.5. The SMILES string of the molecule is CC(C(=O)Nc1ccccc1Cc1ccccc1C(=O)O)c1cccc(OCc2ccccc2)c1. The molecule has 0 saturated heterocycles. The van der Waals surface area contributed by atoms with E-state index in [1.165, 1.54) is 0 Å². The number of carboxylic acid groups (broad SMARTS) is 1. The average Bonchev–Trinajstić information content (AvgIpc) is 2.89. The molecule has 2 N–H and O–H groups in total. The number of carbonyl (C=O) groups excluding carboxylic acids is 1. The van der Waals surface area contributed by atoms with Gasteiger partial charge in [-0.15, -0.1) is 0 Å². The third-order valence-corrected chi connectivity index (χ3v) is 5.90. The molecule has 0 aromatic heterocycles. The second kappa shape index (κ2) is 11.2. The standard InChI is InChI=1S/C30H27NO4/c1-21(23-14-9-15-26(19-23)35-20-22-10-3-2-4-11-22)29(32)31-28-17-8-6-13-25(28)18-24-12-5-7-16-27(24)30(33)34/h2-17,19,21H,18,20H2,1H3,(H,31,32)(H,33,34). The van der Waals surface area contributed by atoms with Crippen molar-refractivity contribution in [1.82, 2.24) is 0 Å². The largest absolute Gasteiger partial charge is 0.489 e. The number of amides is 1. The van der Waals surface area contributed by atoms with Crippen molar-refractivity contribution >= 4 is 17.6 Å². The molecule has 176 valence electrons. The van der Waals surface area contributed by atoms with Gasteiger partial charge in [-0.1, -0.05) is 78.9 Å². The van der Waals surface area contributed by atoms with Crippen LogP contribution < -0.4 is 10.1 Å². The Hall–Kier alpha value is -4.38. The smallest absolute Gasteiger partial charge is 0.335 e. The maximum absolute atomic E-state index is 13.1. The highest BCUT2D eigenvalue weighted by molar-refractivity contribution is 5.96. The fourth-order valence-corrected chi connectivity index (χ4v) is 3.89. The molecule has 0 radical (unpaired) electrons. The Morgan fingerprint density at radius 2 is 1.51 bits per heavy atom. The molecular formula is C30H27NO4. The van der Waals surface area contributed by atoms with Gasteiger partial charge >= 0.3 is 5.97 Å². The highest BCUT2D eigenvalue weighted by atomic mass is 16.5. The number of benzene rings is 4. The van der Waals surface area contributed by atoms with E-state index in [1.54, 1.807) is 18.2 Å². The van der Waals surface area contributed by atoms with Gasteiger partial charge in [-0.2, -0.15) is 0 Å². The predicted octanol–water partition coefficient (Wildman–Crippen LogP) is 6.30. The number of ether oxygens (including phenoxy) is 1. The van der Waals surface area contributed by atoms with E-state index in [-0.39, 0.29) is 11.5 Å². The number of nitrogens with one attached hydrogen (secondary N) is 1. The van der Waals surface area contributed by atoms with Gasteiger partial charge in [-0.3, -0.25) is 4.79 Å². The van der Waals surface area contributed by atoms with Crippen LogP contribution in [0.3, 0.4) is 0 Å². The van der Waals surface area contributed by atoms with Crippen LogP contribution in [0, 0.1) is 0 Å². The van der Waals surface area contributed by atoms with Gasteiger partial charge in [-0.05, 0) is 53.4 Å². The summed E-state index contributed by atoms with van der Waals surface area (Å²) in [6, 6.07) is 31.9. The summed E-state index contributed by atoms with van der Waals surface area (Å²) >= 11 is 0. The quantitative estimate of drug-likeness (QED) is 0.304. The molecule has 4 aromatic rings. The first-order chi connectivity index (χ1) is 17.0. The number of aromatic carboxylic acids is 1. The molecule has 4 rings (SSSR count). The van der Waals surface area contributed by atoms with Crippen LogP contribution in [-0.2, 0) is 17.8 Å². The van der Waals surface area contributed by atoms with Crippen molar-refractivity contribution in [3.63, 3.8) is 0 Å². The van der Waals surface area contributed by atoms with Gasteiger partial charge in [0.05, 0.1) is 11.5 Å². The highest BCUT2D eigenvalue weighted by Crippen LogP contribution is 2.26. The van der Waals surface area contributed by atoms with Crippen LogP contribution in [0.15, 0.2) is 103 Å². The summed E-state index contributed by atoms with van der Waals surface area (Å²) in [5.74, 6) is -0.819. The molecule has 5 heteroatoms. The Balaban J connectivity index is 1.46. The van der Waals surface area contributed by atoms with E-state index >= 15 is 0 Å². The van der Waals surface area contributed by atoms with Crippen molar-refractivity contribution < 1.29 is 19.4 Å². The monoisotopic (exact) mass is 465 g/mol. The lowest BCUT2D eigenvalue weighted by molar-refractivity contribution is -0.117. The highest BCUT2D eigenvalue weighted by Gasteiger charge is 2.18. The minimum atomic E-state index is -0.967. The molecule has 0 aliphatic carbocycles. The van der Waals surface area contributed by atoms with Gasteiger partial charge in [0.25, 0.3) is 0 Å². The molecule has 0 bridgehead atoms. The first-order valence-electron chi connectivity index (χ1n) is 11.5. The lowest BCUT2D eigenvalue weighted by Crippen LogP contribution is -2.20. The zero-order valence-corrected chi connectivity index (χ0v) is 19.5. The van der Waals surface area contributed by atoms with Gasteiger partial charge in [0.15, 0.2) is 0 Å². The molecule has 4 aromatic carbocycles. The molecule has 1 amide bonds. The first-order valence-corrected chi connectivity index (χ1v) is 11.5. The summed E-state index contributed by atoms with van der Waals surface area (Å²) < 4.78 is 5.92. The Morgan fingerprint density at radius 1 is 0.829 bits per heavy atom. The van der Waals surface area contributed by atoms with Crippen molar-refractivity contribution in [3.05, 3.63) is 131 Å². The number of hydrogen-bond donors (Lipinski definition) is 2. The Morgan fingerprint density at radius 3 is 2.29 bits per heavy atom. The molecule has 0 aliphatic rings. The van der Waals surface area contributed by atoms with Crippen LogP contribution >= 0.6 is 0 Å². The lowest BCUT2D eigenvalue weighted by Gasteiger charge is -2.17. The number of carbonyl (C=O) groups is 2. The van der Waals surface area contributed by atoms with Crippen LogP contribution in [0.5, 0.6) is 5.75 Å². The van der Waals surface area contributed by atoms with E-state index in [9.17, 15) is 14.7 Å². The van der Waals surface area contributed by atoms with E-state index < -0.39 is 11.9 Å². The van der Waals surface area contributed by atoms with Crippen LogP contribution in [0.2, 0.25) is 0 Å². The fourth-order valence-electron chi connectivity index (χ4n) is 3.89. The second-order valence-corrected chi connectivity index (χ2v) is 8.35. The maximum atomic E-state index is 13.1. The molecule has 1 unspecified atom stereocenters. The predicted molar refractivity (Wildman–Crippen MR) is 137 cm³/mol. The van der Waals surface area contributed by atoms with E-state index in [0.717, 1.165) is 16.7 Å². The molecule has 0 heterocycles. The molecule has 0 fully saturated rings. The van der Waals surface area contributed by atoms with Crippen LogP contribution in [0.1, 0.15) is 45.5 Å². The topological polar surface area (TPSA) is 75.6 Å². The zero-order chi connectivity index (χ0) is 24.6. The van der Waals surface area contributed by atoms with Crippen LogP contribution in [0.4, 0.5) is 5.69 Å². The molecular weight excluding hydrogens is 438 g/mol. The Labute approximate surface area is 205 Å². The average molecular weight is 466 g/mol. The fraction of sp³-hybridized carbons (Fsp3) is 0.133. The van der Waals surface area contributed by atoms with Gasteiger partial charge in [0, 0.05) is 12.1 Å². The van der Waals surface area contributed by atoms with E-state index in [1.807, 2.05) is 91.9 Å². The molecule has 0 spiro atoms. The van der Waals surface area contributed by atoms with Gasteiger partial charge in [0.1, 0.15) is 12.4 Å². The molecule has 0 saturated carbocycles. The van der Waals surface area contributed by atoms with Gasteiger partial charge < -0.3 is 15.2 Å². The number of para-hydroxylation sites is 1. The normalized spacial score (nSPS) is 11.5. The van der Waals surface area contributed by atoms with Crippen LogP contribution in [0.25, 0.3) is 0 Å². The third kappa shape index (κ3) is 6.15. The van der Waals surface area contributed by atoms with Crippen molar-refractivity contribution in [2.75, 3.05) is 5.32 Å². The van der Waals surface area contributed by atoms with E-state index in [2.05, 4.69) is 5.32 Å². The summed E-state index contributed by atoms with van der Waals surface area (Å²) in [4.78, 5) is 24.7. The molecule has 0 aliphatic heterocycles. The summed E-state index contributed by atoms with van der Waals surface area (Å²) in [7, 11) is 0. The van der Waals surface area contributed by atoms with Crippen LogP contribution in [-0.4, -0.2) is 17.0 Å². The molecule has 1 atom stereocenters. The van der Waals surface area contributed by atoms with Gasteiger partial charge in [-0.25, -0.2) is 4.79 Å². The Kier molecular flexibility index (Phi) is 7.58. The minimum absolute atomic E-state index is 0.149. The minimum Gasteiger partial charge on any atom is -0.489 e. The summed E-state index contributed by atoms with van der Waals surface area (Å²) in [5, 5.41) is 12.5. The van der Waals surface area contributed by atoms with Crippen molar-refractivity contribution in [2.45, 2.75) is 25.9 Å². The number of hydrogen-bond acceptors (Lipinski definition) is 3. The summed E-state index contributed by atoms with van der Waals surface area (Å²) in [6.45, 7) is 2.31. The van der Waals surface area contributed by atoms with Crippen molar-refractivity contribution in [3.8, 4) is 5.75 Å². The molecule has 5 nitrogen and oxygen atoms in total. The summed E-state index contributed by atoms with van der Waals surface area (Å²) in [5.41, 5.74) is 4.39. The lowest BCUT2D eigenvalue weighted by atomic mass is 9.97. The first kappa shape index (κ1) is 23.8. The van der Waals surface area contributed by atoms with Crippen molar-refractivity contribution in [2.24, 2.45) is 0 Å². The van der Waals surface area contributed by atoms with E-state index in [0.29, 0.717) is 30.0 Å². The number of rotatable bonds is 9. The summed E-state index contributed by atoms with van der Waals surface area (Å²) in [6.07, 6.45) is 0.399. The second-order valence-electron chi connectivity index (χ2n) is 8.35. The maximum Gasteiger partial charge on any atom is 0.335 e. The molecule has 35 heavy (non-hydrogen) atoms. The van der Waals surface area contributed by atoms with E-state index in [4.69, 9.17) is 4.74 Å². The third-order valence-electron chi connectivity index (χ3n) is 5.90.